The normalized spacial score (nSPS) is 19.0. The number of hydrogen-bond acceptors (Lipinski definition) is 4. The second-order valence-electron chi connectivity index (χ2n) is 8.87. The van der Waals surface area contributed by atoms with Crippen molar-refractivity contribution in [3.8, 4) is 0 Å². The van der Waals surface area contributed by atoms with Crippen LogP contribution < -0.4 is 5.32 Å². The molecule has 1 aromatic carbocycles. The summed E-state index contributed by atoms with van der Waals surface area (Å²) < 4.78 is 0. The molecule has 1 atom stereocenters. The van der Waals surface area contributed by atoms with E-state index in [2.05, 4.69) is 10.2 Å². The third kappa shape index (κ3) is 6.92. The Morgan fingerprint density at radius 3 is 2.38 bits per heavy atom. The Morgan fingerprint density at radius 2 is 1.72 bits per heavy atom. The van der Waals surface area contributed by atoms with Gasteiger partial charge in [0.1, 0.15) is 6.04 Å². The molecule has 0 spiro atoms. The number of rotatable bonds is 7. The van der Waals surface area contributed by atoms with Crippen molar-refractivity contribution in [2.45, 2.75) is 51.1 Å². The fourth-order valence-corrected chi connectivity index (χ4v) is 4.43. The van der Waals surface area contributed by atoms with E-state index in [4.69, 9.17) is 0 Å². The molecule has 0 radical (unpaired) electrons. The van der Waals surface area contributed by atoms with Gasteiger partial charge in [-0.25, -0.2) is 0 Å². The number of nitrogens with one attached hydrogen (secondary N) is 1. The summed E-state index contributed by atoms with van der Waals surface area (Å²) in [5.41, 5.74) is 0.932. The van der Waals surface area contributed by atoms with Crippen LogP contribution in [0.25, 0.3) is 6.08 Å². The highest BCUT2D eigenvalue weighted by molar-refractivity contribution is 5.95. The Hall–Kier alpha value is -2.67. The molecule has 1 N–H and O–H groups in total. The Morgan fingerprint density at radius 1 is 1.06 bits per heavy atom. The molecule has 174 valence electrons. The molecule has 3 rings (SSSR count). The molecule has 7 heteroatoms. The van der Waals surface area contributed by atoms with Gasteiger partial charge in [-0.3, -0.25) is 19.3 Å². The molecule has 1 saturated heterocycles. The topological polar surface area (TPSA) is 73.0 Å². The minimum atomic E-state index is -0.589. The summed E-state index contributed by atoms with van der Waals surface area (Å²) in [5.74, 6) is -0.205. The maximum absolute atomic E-state index is 12.7. The quantitative estimate of drug-likeness (QED) is 0.660. The van der Waals surface area contributed by atoms with Gasteiger partial charge in [0.2, 0.25) is 17.7 Å². The van der Waals surface area contributed by atoms with Gasteiger partial charge in [-0.15, -0.1) is 0 Å². The first-order valence-corrected chi connectivity index (χ1v) is 11.7. The molecular formula is C25H36N4O3. The van der Waals surface area contributed by atoms with E-state index in [9.17, 15) is 14.4 Å². The molecular weight excluding hydrogens is 404 g/mol. The first kappa shape index (κ1) is 24.0. The van der Waals surface area contributed by atoms with Gasteiger partial charge in [0.05, 0.1) is 6.54 Å². The van der Waals surface area contributed by atoms with E-state index in [1.54, 1.807) is 17.9 Å². The summed E-state index contributed by atoms with van der Waals surface area (Å²) >= 11 is 0. The molecule has 0 bridgehead atoms. The van der Waals surface area contributed by atoms with Crippen LogP contribution >= 0.6 is 0 Å². The van der Waals surface area contributed by atoms with Crippen molar-refractivity contribution in [3.05, 3.63) is 42.0 Å². The summed E-state index contributed by atoms with van der Waals surface area (Å²) in [6, 6.07) is 9.34. The second-order valence-corrected chi connectivity index (χ2v) is 8.87. The van der Waals surface area contributed by atoms with Crippen LogP contribution in [0.2, 0.25) is 0 Å². The predicted octanol–water partition coefficient (Wildman–Crippen LogP) is 2.14. The minimum Gasteiger partial charge on any atom is -0.342 e. The number of carbonyl (C=O) groups is 3. The number of amides is 3. The van der Waals surface area contributed by atoms with E-state index in [-0.39, 0.29) is 17.7 Å². The molecule has 2 fully saturated rings. The van der Waals surface area contributed by atoms with E-state index < -0.39 is 6.04 Å². The van der Waals surface area contributed by atoms with Crippen LogP contribution in [0.4, 0.5) is 0 Å². The summed E-state index contributed by atoms with van der Waals surface area (Å²) in [6.45, 7) is 4.60. The van der Waals surface area contributed by atoms with Gasteiger partial charge in [-0.1, -0.05) is 49.6 Å². The number of likely N-dealkylation sites (N-methyl/N-ethyl adjacent to an activating group) is 1. The summed E-state index contributed by atoms with van der Waals surface area (Å²) in [7, 11) is 1.93. The molecule has 1 saturated carbocycles. The lowest BCUT2D eigenvalue weighted by Gasteiger charge is -2.37. The maximum Gasteiger partial charge on any atom is 0.244 e. The highest BCUT2D eigenvalue weighted by Crippen LogP contribution is 2.21. The standard InChI is InChI=1S/C25H36N4O3/c1-20(26-23(30)14-13-21-9-5-3-6-10-21)25(32)29-17-15-28(16-18-29)19-24(31)27(2)22-11-7-4-8-12-22/h3,5-6,9-10,13-14,20,22H,4,7-8,11-12,15-19H2,1-2H3,(H,26,30)/b14-13+. The van der Waals surface area contributed by atoms with E-state index >= 15 is 0 Å². The van der Waals surface area contributed by atoms with Crippen molar-refractivity contribution in [1.82, 2.24) is 20.0 Å². The smallest absolute Gasteiger partial charge is 0.244 e. The molecule has 0 aromatic heterocycles. The average molecular weight is 441 g/mol. The monoisotopic (exact) mass is 440 g/mol. The van der Waals surface area contributed by atoms with Crippen molar-refractivity contribution >= 4 is 23.8 Å². The number of hydrogen-bond donors (Lipinski definition) is 1. The molecule has 1 heterocycles. The lowest BCUT2D eigenvalue weighted by Crippen LogP contribution is -2.55. The van der Waals surface area contributed by atoms with Crippen LogP contribution in [-0.4, -0.2) is 84.3 Å². The molecule has 32 heavy (non-hydrogen) atoms. The molecule has 7 nitrogen and oxygen atoms in total. The minimum absolute atomic E-state index is 0.0863. The van der Waals surface area contributed by atoms with Crippen molar-refractivity contribution in [1.29, 1.82) is 0 Å². The van der Waals surface area contributed by atoms with Gasteiger partial charge in [-0.05, 0) is 31.4 Å². The first-order valence-electron chi connectivity index (χ1n) is 11.7. The SMILES string of the molecule is CC(NC(=O)/C=C/c1ccccc1)C(=O)N1CCN(CC(=O)N(C)C2CCCCC2)CC1. The highest BCUT2D eigenvalue weighted by Gasteiger charge is 2.28. The fourth-order valence-electron chi connectivity index (χ4n) is 4.43. The first-order chi connectivity index (χ1) is 15.4. The van der Waals surface area contributed by atoms with Crippen LogP contribution in [0.15, 0.2) is 36.4 Å². The Balaban J connectivity index is 1.40. The number of carbonyl (C=O) groups excluding carboxylic acids is 3. The Kier molecular flexibility index (Phi) is 8.85. The van der Waals surface area contributed by atoms with Gasteiger partial charge in [0, 0.05) is 45.3 Å². The Labute approximate surface area is 191 Å². The fraction of sp³-hybridized carbons (Fsp3) is 0.560. The highest BCUT2D eigenvalue weighted by atomic mass is 16.2. The van der Waals surface area contributed by atoms with Gasteiger partial charge < -0.3 is 15.1 Å². The van der Waals surface area contributed by atoms with Gasteiger partial charge in [-0.2, -0.15) is 0 Å². The molecule has 1 aliphatic heterocycles. The zero-order valence-corrected chi connectivity index (χ0v) is 19.3. The molecule has 1 aromatic rings. The van der Waals surface area contributed by atoms with E-state index in [0.717, 1.165) is 18.4 Å². The zero-order chi connectivity index (χ0) is 22.9. The molecule has 1 aliphatic carbocycles. The Bertz CT molecular complexity index is 797. The van der Waals surface area contributed by atoms with Crippen LogP contribution in [-0.2, 0) is 14.4 Å². The van der Waals surface area contributed by atoms with Crippen LogP contribution in [0.1, 0.15) is 44.6 Å². The van der Waals surface area contributed by atoms with Gasteiger partial charge in [0.15, 0.2) is 0 Å². The largest absolute Gasteiger partial charge is 0.342 e. The van der Waals surface area contributed by atoms with Crippen LogP contribution in [0.3, 0.4) is 0 Å². The van der Waals surface area contributed by atoms with E-state index in [1.807, 2.05) is 42.3 Å². The second kappa shape index (κ2) is 11.8. The summed E-state index contributed by atoms with van der Waals surface area (Å²) in [6.07, 6.45) is 9.08. The van der Waals surface area contributed by atoms with Crippen LogP contribution in [0, 0.1) is 0 Å². The van der Waals surface area contributed by atoms with Crippen molar-refractivity contribution in [3.63, 3.8) is 0 Å². The third-order valence-corrected chi connectivity index (χ3v) is 6.51. The average Bonchev–Trinajstić information content (AvgIpc) is 2.83. The van der Waals surface area contributed by atoms with E-state index in [0.29, 0.717) is 38.8 Å². The number of piperazine rings is 1. The molecule has 3 amide bonds. The van der Waals surface area contributed by atoms with Gasteiger partial charge in [0.25, 0.3) is 0 Å². The number of benzene rings is 1. The van der Waals surface area contributed by atoms with Crippen molar-refractivity contribution in [2.75, 3.05) is 39.8 Å². The van der Waals surface area contributed by atoms with Crippen molar-refractivity contribution in [2.24, 2.45) is 0 Å². The summed E-state index contributed by atoms with van der Waals surface area (Å²) in [4.78, 5) is 43.4. The predicted molar refractivity (Wildman–Crippen MR) is 126 cm³/mol. The molecule has 1 unspecified atom stereocenters. The lowest BCUT2D eigenvalue weighted by molar-refractivity contribution is -0.138. The lowest BCUT2D eigenvalue weighted by atomic mass is 9.94. The van der Waals surface area contributed by atoms with E-state index in [1.165, 1.54) is 25.3 Å². The van der Waals surface area contributed by atoms with Crippen LogP contribution in [0.5, 0.6) is 0 Å². The molecule has 2 aliphatic rings. The maximum atomic E-state index is 12.7. The number of nitrogens with zero attached hydrogens (tertiary/aromatic N) is 3. The summed E-state index contributed by atoms with van der Waals surface area (Å²) in [5, 5.41) is 2.75. The third-order valence-electron chi connectivity index (χ3n) is 6.51. The van der Waals surface area contributed by atoms with Gasteiger partial charge >= 0.3 is 0 Å². The zero-order valence-electron chi connectivity index (χ0n) is 19.3. The van der Waals surface area contributed by atoms with Crippen molar-refractivity contribution < 1.29 is 14.4 Å².